The summed E-state index contributed by atoms with van der Waals surface area (Å²) in [6.07, 6.45) is 4.61. The van der Waals surface area contributed by atoms with Crippen LogP contribution in [0.25, 0.3) is 0 Å². The number of nitrogens with zero attached hydrogens (tertiary/aromatic N) is 1. The molecule has 0 aliphatic heterocycles. The highest BCUT2D eigenvalue weighted by Gasteiger charge is 2.19. The van der Waals surface area contributed by atoms with Crippen LogP contribution in [0.5, 0.6) is 0 Å². The van der Waals surface area contributed by atoms with Gasteiger partial charge in [0.15, 0.2) is 0 Å². The maximum absolute atomic E-state index is 12.1. The molecule has 1 unspecified atom stereocenters. The van der Waals surface area contributed by atoms with E-state index in [0.29, 0.717) is 5.69 Å². The molecular formula is C14H18N4O3. The average Bonchev–Trinajstić information content (AvgIpc) is 2.47. The molecule has 0 saturated heterocycles. The predicted octanol–water partition coefficient (Wildman–Crippen LogP) is 1.09. The lowest BCUT2D eigenvalue weighted by atomic mass is 10.1. The molecule has 1 atom stereocenters. The fourth-order valence-corrected chi connectivity index (χ4v) is 1.46. The third-order valence-electron chi connectivity index (χ3n) is 2.60. The molecule has 0 radical (unpaired) electrons. The zero-order chi connectivity index (χ0) is 15.8. The number of nitrogens with one attached hydrogen (secondary N) is 3. The van der Waals surface area contributed by atoms with Gasteiger partial charge in [-0.05, 0) is 26.0 Å². The van der Waals surface area contributed by atoms with Gasteiger partial charge in [-0.25, -0.2) is 4.79 Å². The summed E-state index contributed by atoms with van der Waals surface area (Å²) in [5.74, 6) is -1.08. The van der Waals surface area contributed by atoms with Crippen LogP contribution in [0.15, 0.2) is 36.3 Å². The van der Waals surface area contributed by atoms with Crippen molar-refractivity contribution in [3.63, 3.8) is 0 Å². The summed E-state index contributed by atoms with van der Waals surface area (Å²) in [4.78, 5) is 27.3. The topological polar surface area (TPSA) is 104 Å². The van der Waals surface area contributed by atoms with Crippen LogP contribution in [0.3, 0.4) is 0 Å². The first-order valence-corrected chi connectivity index (χ1v) is 6.26. The predicted molar refractivity (Wildman–Crippen MR) is 79.0 cm³/mol. The lowest BCUT2D eigenvalue weighted by molar-refractivity contribution is -0.144. The normalized spacial score (nSPS) is 12.2. The second kappa shape index (κ2) is 7.78. The molecule has 1 aromatic rings. The van der Waals surface area contributed by atoms with Crippen molar-refractivity contribution in [2.24, 2.45) is 0 Å². The lowest BCUT2D eigenvalue weighted by Crippen LogP contribution is -2.40. The molecule has 0 aromatic carbocycles. The minimum atomic E-state index is -0.788. The number of rotatable bonds is 6. The highest BCUT2D eigenvalue weighted by molar-refractivity contribution is 6.20. The number of anilines is 1. The molecule has 0 saturated carbocycles. The highest BCUT2D eigenvalue weighted by atomic mass is 16.5. The summed E-state index contributed by atoms with van der Waals surface area (Å²) in [6, 6.07) is 2.73. The zero-order valence-electron chi connectivity index (χ0n) is 12.1. The Kier molecular flexibility index (Phi) is 6.06. The molecule has 0 spiro atoms. The molecule has 0 bridgehead atoms. The van der Waals surface area contributed by atoms with Gasteiger partial charge >= 0.3 is 5.97 Å². The van der Waals surface area contributed by atoms with Crippen molar-refractivity contribution in [3.05, 3.63) is 36.3 Å². The van der Waals surface area contributed by atoms with Crippen molar-refractivity contribution >= 4 is 23.3 Å². The molecule has 7 heteroatoms. The van der Waals surface area contributed by atoms with Gasteiger partial charge in [-0.2, -0.15) is 0 Å². The number of aromatic nitrogens is 1. The van der Waals surface area contributed by atoms with Crippen molar-refractivity contribution in [2.45, 2.75) is 19.9 Å². The minimum Gasteiger partial charge on any atom is -0.467 e. The lowest BCUT2D eigenvalue weighted by Gasteiger charge is -2.13. The van der Waals surface area contributed by atoms with E-state index in [-0.39, 0.29) is 11.3 Å². The van der Waals surface area contributed by atoms with E-state index in [9.17, 15) is 9.59 Å². The van der Waals surface area contributed by atoms with Gasteiger partial charge in [0.2, 0.25) is 0 Å². The molecule has 21 heavy (non-hydrogen) atoms. The summed E-state index contributed by atoms with van der Waals surface area (Å²) in [7, 11) is 1.24. The van der Waals surface area contributed by atoms with E-state index in [2.05, 4.69) is 20.4 Å². The number of esters is 1. The molecule has 3 N–H and O–H groups in total. The van der Waals surface area contributed by atoms with E-state index >= 15 is 0 Å². The van der Waals surface area contributed by atoms with Crippen molar-refractivity contribution in [1.29, 1.82) is 5.41 Å². The molecule has 112 valence electrons. The third-order valence-corrected chi connectivity index (χ3v) is 2.60. The first kappa shape index (κ1) is 16.4. The molecule has 0 aliphatic carbocycles. The minimum absolute atomic E-state index is 0.0703. The van der Waals surface area contributed by atoms with Crippen LogP contribution in [0.1, 0.15) is 13.8 Å². The van der Waals surface area contributed by atoms with E-state index < -0.39 is 17.9 Å². The van der Waals surface area contributed by atoms with E-state index in [4.69, 9.17) is 5.41 Å². The number of amides is 1. The van der Waals surface area contributed by atoms with Crippen LogP contribution in [0.4, 0.5) is 5.69 Å². The number of pyridine rings is 1. The summed E-state index contributed by atoms with van der Waals surface area (Å²) < 4.78 is 4.53. The van der Waals surface area contributed by atoms with Gasteiger partial charge in [0.05, 0.1) is 24.6 Å². The van der Waals surface area contributed by atoms with E-state index in [1.165, 1.54) is 27.2 Å². The van der Waals surface area contributed by atoms with Crippen molar-refractivity contribution in [2.75, 3.05) is 12.4 Å². The highest BCUT2D eigenvalue weighted by Crippen LogP contribution is 2.05. The first-order chi connectivity index (χ1) is 9.95. The number of hydrogen-bond acceptors (Lipinski definition) is 6. The second-order valence-corrected chi connectivity index (χ2v) is 4.29. The zero-order valence-corrected chi connectivity index (χ0v) is 12.1. The van der Waals surface area contributed by atoms with Crippen molar-refractivity contribution in [3.8, 4) is 0 Å². The van der Waals surface area contributed by atoms with Crippen molar-refractivity contribution < 1.29 is 14.3 Å². The number of carbonyl (C=O) groups is 2. The smallest absolute Gasteiger partial charge is 0.328 e. The molecular weight excluding hydrogens is 272 g/mol. The first-order valence-electron chi connectivity index (χ1n) is 6.26. The molecule has 0 fully saturated rings. The monoisotopic (exact) mass is 290 g/mol. The van der Waals surface area contributed by atoms with Crippen LogP contribution in [0.2, 0.25) is 0 Å². The molecule has 0 aliphatic rings. The Hall–Kier alpha value is -2.70. The number of hydrogen-bond donors (Lipinski definition) is 3. The molecule has 7 nitrogen and oxygen atoms in total. The van der Waals surface area contributed by atoms with Crippen LogP contribution < -0.4 is 10.6 Å². The Balaban J connectivity index is 2.79. The Morgan fingerprint density at radius 3 is 2.71 bits per heavy atom. The Bertz CT molecular complexity index is 555. The largest absolute Gasteiger partial charge is 0.467 e. The molecule has 1 aromatic heterocycles. The number of methoxy groups -OCH3 is 1. The Labute approximate surface area is 122 Å². The second-order valence-electron chi connectivity index (χ2n) is 4.29. The van der Waals surface area contributed by atoms with E-state index in [1.807, 2.05) is 0 Å². The fraction of sp³-hybridized carbons (Fsp3) is 0.286. The number of ether oxygens (including phenoxy) is 1. The van der Waals surface area contributed by atoms with Gasteiger partial charge in [0.25, 0.3) is 5.91 Å². The maximum Gasteiger partial charge on any atom is 0.328 e. The summed E-state index contributed by atoms with van der Waals surface area (Å²) in [5, 5.41) is 13.0. The standard InChI is InChI=1S/C14H18N4O3/c1-9(15)12(8-17-11-5-4-6-16-7-11)13(19)18-10(2)14(20)21-3/h4-8,10,15,17H,1-3H3,(H,18,19)/b12-8+,15-9?. The van der Waals surface area contributed by atoms with Gasteiger partial charge in [0, 0.05) is 18.1 Å². The van der Waals surface area contributed by atoms with Gasteiger partial charge in [-0.3, -0.25) is 9.78 Å². The van der Waals surface area contributed by atoms with Crippen LogP contribution >= 0.6 is 0 Å². The van der Waals surface area contributed by atoms with E-state index in [0.717, 1.165) is 0 Å². The Morgan fingerprint density at radius 1 is 1.48 bits per heavy atom. The number of carbonyl (C=O) groups excluding carboxylic acids is 2. The van der Waals surface area contributed by atoms with Gasteiger partial charge in [-0.15, -0.1) is 0 Å². The van der Waals surface area contributed by atoms with Gasteiger partial charge in [0.1, 0.15) is 6.04 Å². The summed E-state index contributed by atoms with van der Waals surface area (Å²) in [5.41, 5.74) is 0.876. The van der Waals surface area contributed by atoms with Gasteiger partial charge < -0.3 is 20.8 Å². The van der Waals surface area contributed by atoms with Crippen LogP contribution in [-0.4, -0.2) is 35.7 Å². The maximum atomic E-state index is 12.1. The summed E-state index contributed by atoms with van der Waals surface area (Å²) in [6.45, 7) is 2.99. The Morgan fingerprint density at radius 2 is 2.19 bits per heavy atom. The molecule has 1 amide bonds. The van der Waals surface area contributed by atoms with Crippen LogP contribution in [-0.2, 0) is 14.3 Å². The summed E-state index contributed by atoms with van der Waals surface area (Å²) >= 11 is 0. The quantitative estimate of drug-likeness (QED) is 0.413. The molecule has 1 rings (SSSR count). The van der Waals surface area contributed by atoms with Crippen LogP contribution in [0, 0.1) is 5.41 Å². The van der Waals surface area contributed by atoms with Crippen molar-refractivity contribution in [1.82, 2.24) is 10.3 Å². The molecule has 1 heterocycles. The van der Waals surface area contributed by atoms with Gasteiger partial charge in [-0.1, -0.05) is 0 Å². The average molecular weight is 290 g/mol. The van der Waals surface area contributed by atoms with E-state index in [1.54, 1.807) is 24.5 Å². The third kappa shape index (κ3) is 5.06. The SMILES string of the molecule is COC(=O)C(C)NC(=O)/C(=C/Nc1cccnc1)C(C)=N. The fourth-order valence-electron chi connectivity index (χ4n) is 1.46.